The van der Waals surface area contributed by atoms with Crippen LogP contribution in [0.5, 0.6) is 0 Å². The van der Waals surface area contributed by atoms with Crippen LogP contribution in [0.3, 0.4) is 0 Å². The van der Waals surface area contributed by atoms with Gasteiger partial charge in [-0.25, -0.2) is 0 Å². The molecular weight excluding hydrogens is 242 g/mol. The van der Waals surface area contributed by atoms with Crippen LogP contribution in [0.25, 0.3) is 0 Å². The zero-order valence-electron chi connectivity index (χ0n) is 12.2. The molecular formula is C15H27NO3. The molecule has 0 bridgehead atoms. The van der Waals surface area contributed by atoms with Gasteiger partial charge in [-0.2, -0.15) is 0 Å². The molecule has 1 saturated heterocycles. The standard InChI is InChI=1S/C15H27NO3/c1-3-16(12(2)10-14(17)18)11-13-6-9-15(19-13)7-4-5-8-15/h12-13H,3-11H2,1-2H3,(H,17,18). The van der Waals surface area contributed by atoms with Gasteiger partial charge in [-0.1, -0.05) is 19.8 Å². The normalized spacial score (nSPS) is 27.2. The Kier molecular flexibility index (Phi) is 4.85. The van der Waals surface area contributed by atoms with Crippen molar-refractivity contribution in [3.05, 3.63) is 0 Å². The molecule has 1 saturated carbocycles. The number of likely N-dealkylation sites (N-methyl/N-ethyl adjacent to an activating group) is 1. The first-order valence-electron chi connectivity index (χ1n) is 7.68. The van der Waals surface area contributed by atoms with E-state index in [1.807, 2.05) is 6.92 Å². The maximum Gasteiger partial charge on any atom is 0.304 e. The van der Waals surface area contributed by atoms with E-state index in [9.17, 15) is 4.79 Å². The maximum absolute atomic E-state index is 10.8. The fourth-order valence-electron chi connectivity index (χ4n) is 3.68. The number of ether oxygens (including phenoxy) is 1. The predicted octanol–water partition coefficient (Wildman–Crippen LogP) is 2.66. The molecule has 19 heavy (non-hydrogen) atoms. The minimum absolute atomic E-state index is 0.0891. The molecule has 2 atom stereocenters. The summed E-state index contributed by atoms with van der Waals surface area (Å²) in [4.78, 5) is 13.1. The fraction of sp³-hybridized carbons (Fsp3) is 0.933. The van der Waals surface area contributed by atoms with Crippen molar-refractivity contribution in [1.82, 2.24) is 4.90 Å². The lowest BCUT2D eigenvalue weighted by Crippen LogP contribution is -2.40. The van der Waals surface area contributed by atoms with Gasteiger partial charge in [-0.05, 0) is 39.2 Å². The summed E-state index contributed by atoms with van der Waals surface area (Å²) in [5.74, 6) is -0.717. The number of hydrogen-bond acceptors (Lipinski definition) is 3. The molecule has 4 nitrogen and oxygen atoms in total. The number of carboxylic acids is 1. The van der Waals surface area contributed by atoms with Gasteiger partial charge in [0.2, 0.25) is 0 Å². The van der Waals surface area contributed by atoms with Gasteiger partial charge >= 0.3 is 5.97 Å². The predicted molar refractivity (Wildman–Crippen MR) is 74.3 cm³/mol. The van der Waals surface area contributed by atoms with Crippen molar-refractivity contribution in [3.8, 4) is 0 Å². The summed E-state index contributed by atoms with van der Waals surface area (Å²) < 4.78 is 6.31. The van der Waals surface area contributed by atoms with E-state index in [0.717, 1.165) is 19.5 Å². The summed E-state index contributed by atoms with van der Waals surface area (Å²) in [7, 11) is 0. The van der Waals surface area contributed by atoms with Gasteiger partial charge in [0, 0.05) is 12.6 Å². The highest BCUT2D eigenvalue weighted by Crippen LogP contribution is 2.43. The van der Waals surface area contributed by atoms with Gasteiger partial charge in [0.05, 0.1) is 18.1 Å². The fourth-order valence-corrected chi connectivity index (χ4v) is 3.68. The Bertz CT molecular complexity index is 313. The molecule has 2 unspecified atom stereocenters. The average molecular weight is 269 g/mol. The van der Waals surface area contributed by atoms with Crippen LogP contribution >= 0.6 is 0 Å². The topological polar surface area (TPSA) is 49.8 Å². The smallest absolute Gasteiger partial charge is 0.304 e. The first-order chi connectivity index (χ1) is 9.04. The third-order valence-electron chi connectivity index (χ3n) is 4.79. The van der Waals surface area contributed by atoms with Gasteiger partial charge < -0.3 is 9.84 Å². The van der Waals surface area contributed by atoms with Crippen molar-refractivity contribution in [2.45, 2.75) is 76.5 Å². The Labute approximate surface area is 116 Å². The first kappa shape index (κ1) is 14.8. The molecule has 0 amide bonds. The van der Waals surface area contributed by atoms with Gasteiger partial charge in [0.15, 0.2) is 0 Å². The largest absolute Gasteiger partial charge is 0.481 e. The quantitative estimate of drug-likeness (QED) is 0.805. The molecule has 110 valence electrons. The molecule has 0 aromatic carbocycles. The zero-order valence-corrected chi connectivity index (χ0v) is 12.2. The average Bonchev–Trinajstić information content (AvgIpc) is 2.96. The highest BCUT2D eigenvalue weighted by Gasteiger charge is 2.42. The lowest BCUT2D eigenvalue weighted by Gasteiger charge is -2.31. The van der Waals surface area contributed by atoms with Crippen molar-refractivity contribution in [1.29, 1.82) is 0 Å². The number of carbonyl (C=O) groups is 1. The third-order valence-corrected chi connectivity index (χ3v) is 4.79. The number of aliphatic carboxylic acids is 1. The van der Waals surface area contributed by atoms with Crippen LogP contribution in [0.1, 0.15) is 58.8 Å². The molecule has 1 spiro atoms. The van der Waals surface area contributed by atoms with Crippen molar-refractivity contribution < 1.29 is 14.6 Å². The van der Waals surface area contributed by atoms with Crippen LogP contribution in [0.4, 0.5) is 0 Å². The third kappa shape index (κ3) is 3.69. The highest BCUT2D eigenvalue weighted by atomic mass is 16.5. The van der Waals surface area contributed by atoms with Crippen LogP contribution < -0.4 is 0 Å². The Hall–Kier alpha value is -0.610. The summed E-state index contributed by atoms with van der Waals surface area (Å²) in [6.07, 6.45) is 7.90. The first-order valence-corrected chi connectivity index (χ1v) is 7.68. The van der Waals surface area contributed by atoms with E-state index in [2.05, 4.69) is 11.8 Å². The monoisotopic (exact) mass is 269 g/mol. The van der Waals surface area contributed by atoms with Crippen LogP contribution in [0, 0.1) is 0 Å². The Balaban J connectivity index is 1.84. The summed E-state index contributed by atoms with van der Waals surface area (Å²) in [6, 6.07) is 0.0891. The molecule has 2 rings (SSSR count). The summed E-state index contributed by atoms with van der Waals surface area (Å²) in [5, 5.41) is 8.90. The molecule has 1 aliphatic carbocycles. The van der Waals surface area contributed by atoms with Crippen LogP contribution in [0.2, 0.25) is 0 Å². The van der Waals surface area contributed by atoms with E-state index in [4.69, 9.17) is 9.84 Å². The Morgan fingerprint density at radius 3 is 2.68 bits per heavy atom. The van der Waals surface area contributed by atoms with Crippen LogP contribution in [-0.2, 0) is 9.53 Å². The number of nitrogens with zero attached hydrogens (tertiary/aromatic N) is 1. The second-order valence-corrected chi connectivity index (χ2v) is 6.20. The van der Waals surface area contributed by atoms with Gasteiger partial charge in [-0.3, -0.25) is 9.69 Å². The number of carboxylic acid groups (broad SMARTS) is 1. The SMILES string of the molecule is CCN(CC1CCC2(CCCC2)O1)C(C)CC(=O)O. The van der Waals surface area contributed by atoms with E-state index >= 15 is 0 Å². The molecule has 0 radical (unpaired) electrons. The van der Waals surface area contributed by atoms with E-state index < -0.39 is 5.97 Å². The molecule has 0 aromatic heterocycles. The van der Waals surface area contributed by atoms with Crippen molar-refractivity contribution in [3.63, 3.8) is 0 Å². The second-order valence-electron chi connectivity index (χ2n) is 6.20. The highest BCUT2D eigenvalue weighted by molar-refractivity contribution is 5.67. The summed E-state index contributed by atoms with van der Waals surface area (Å²) >= 11 is 0. The van der Waals surface area contributed by atoms with E-state index in [0.29, 0.717) is 6.10 Å². The van der Waals surface area contributed by atoms with Crippen molar-refractivity contribution >= 4 is 5.97 Å². The molecule has 2 fully saturated rings. The Morgan fingerprint density at radius 1 is 1.42 bits per heavy atom. The van der Waals surface area contributed by atoms with Gasteiger partial charge in [-0.15, -0.1) is 0 Å². The molecule has 4 heteroatoms. The lowest BCUT2D eigenvalue weighted by molar-refractivity contribution is -0.138. The number of rotatable bonds is 6. The molecule has 1 heterocycles. The summed E-state index contributed by atoms with van der Waals surface area (Å²) in [5.41, 5.74) is 0.181. The number of hydrogen-bond donors (Lipinski definition) is 1. The lowest BCUT2D eigenvalue weighted by atomic mass is 9.98. The van der Waals surface area contributed by atoms with Crippen LogP contribution in [-0.4, -0.2) is 46.8 Å². The summed E-state index contributed by atoms with van der Waals surface area (Å²) in [6.45, 7) is 5.87. The molecule has 0 aromatic rings. The van der Waals surface area contributed by atoms with E-state index in [1.165, 1.54) is 32.1 Å². The van der Waals surface area contributed by atoms with Gasteiger partial charge in [0.1, 0.15) is 0 Å². The minimum atomic E-state index is -0.717. The van der Waals surface area contributed by atoms with Gasteiger partial charge in [0.25, 0.3) is 0 Å². The van der Waals surface area contributed by atoms with E-state index in [1.54, 1.807) is 0 Å². The maximum atomic E-state index is 10.8. The Morgan fingerprint density at radius 2 is 2.11 bits per heavy atom. The minimum Gasteiger partial charge on any atom is -0.481 e. The van der Waals surface area contributed by atoms with Crippen molar-refractivity contribution in [2.24, 2.45) is 0 Å². The van der Waals surface area contributed by atoms with E-state index in [-0.39, 0.29) is 18.1 Å². The van der Waals surface area contributed by atoms with Crippen molar-refractivity contribution in [2.75, 3.05) is 13.1 Å². The molecule has 1 aliphatic heterocycles. The zero-order chi connectivity index (χ0) is 13.9. The molecule has 2 aliphatic rings. The van der Waals surface area contributed by atoms with Crippen LogP contribution in [0.15, 0.2) is 0 Å². The second kappa shape index (κ2) is 6.23. The molecule has 1 N–H and O–H groups in total.